The highest BCUT2D eigenvalue weighted by atomic mass is 19.4. The number of nitrogens with one attached hydrogen (secondary N) is 1. The summed E-state index contributed by atoms with van der Waals surface area (Å²) in [6.07, 6.45) is -4.23. The van der Waals surface area contributed by atoms with E-state index in [1.807, 2.05) is 31.2 Å². The summed E-state index contributed by atoms with van der Waals surface area (Å²) >= 11 is 0. The molecule has 0 aliphatic heterocycles. The van der Waals surface area contributed by atoms with Crippen LogP contribution in [0.25, 0.3) is 0 Å². The molecule has 1 aromatic heterocycles. The van der Waals surface area contributed by atoms with Gasteiger partial charge in [0, 0.05) is 11.5 Å². The molecule has 3 aromatic rings. The van der Waals surface area contributed by atoms with Crippen molar-refractivity contribution < 1.29 is 18.0 Å². The molecule has 2 aromatic carbocycles. The molecule has 0 aliphatic carbocycles. The molecular formula is C18H15F3N5O-. The van der Waals surface area contributed by atoms with Gasteiger partial charge in [-0.1, -0.05) is 30.3 Å². The van der Waals surface area contributed by atoms with Crippen molar-refractivity contribution >= 4 is 11.6 Å². The van der Waals surface area contributed by atoms with Gasteiger partial charge in [-0.2, -0.15) is 18.4 Å². The third-order valence-corrected chi connectivity index (χ3v) is 4.11. The van der Waals surface area contributed by atoms with Gasteiger partial charge in [-0.05, 0) is 42.7 Å². The van der Waals surface area contributed by atoms with Crippen molar-refractivity contribution in [3.05, 3.63) is 71.0 Å². The number of aryl methyl sites for hydroxylation is 1. The number of aromatic nitrogens is 4. The van der Waals surface area contributed by atoms with E-state index in [0.717, 1.165) is 23.3 Å². The second kappa shape index (κ2) is 7.56. The van der Waals surface area contributed by atoms with Gasteiger partial charge in [0.15, 0.2) is 0 Å². The molecule has 1 amide bonds. The molecule has 0 bridgehead atoms. The molecule has 1 N–H and O–H groups in total. The van der Waals surface area contributed by atoms with E-state index in [1.165, 1.54) is 12.1 Å². The molecule has 0 saturated heterocycles. The molecule has 1 atom stereocenters. The number of hydrogen-bond acceptors (Lipinski definition) is 4. The maximum absolute atomic E-state index is 12.9. The van der Waals surface area contributed by atoms with Crippen molar-refractivity contribution in [2.24, 2.45) is 0 Å². The molecular weight excluding hydrogens is 359 g/mol. The van der Waals surface area contributed by atoms with Gasteiger partial charge in [-0.3, -0.25) is 15.1 Å². The lowest BCUT2D eigenvalue weighted by Crippen LogP contribution is -2.25. The second-order valence-corrected chi connectivity index (χ2v) is 5.99. The minimum atomic E-state index is -4.50. The summed E-state index contributed by atoms with van der Waals surface area (Å²) in [5, 5.41) is 16.8. The van der Waals surface area contributed by atoms with Crippen LogP contribution in [0.3, 0.4) is 0 Å². The molecule has 0 radical (unpaired) electrons. The van der Waals surface area contributed by atoms with Crippen LogP contribution in [0.1, 0.15) is 28.4 Å². The average Bonchev–Trinajstić information content (AvgIpc) is 3.14. The zero-order valence-electron chi connectivity index (χ0n) is 14.2. The zero-order chi connectivity index (χ0) is 19.4. The minimum Gasteiger partial charge on any atom is -0.335 e. The monoisotopic (exact) mass is 374 g/mol. The van der Waals surface area contributed by atoms with E-state index in [4.69, 9.17) is 0 Å². The lowest BCUT2D eigenvalue weighted by Gasteiger charge is -2.18. The average molecular weight is 374 g/mol. The number of halogens is 3. The van der Waals surface area contributed by atoms with Crippen LogP contribution in [0.5, 0.6) is 0 Å². The van der Waals surface area contributed by atoms with Gasteiger partial charge >= 0.3 is 6.18 Å². The predicted molar refractivity (Wildman–Crippen MR) is 90.8 cm³/mol. The SMILES string of the molecule is Cc1ccccc1C[C@@H](C(=O)Nc1cccc(C(F)(F)F)c1)c1nnn[n-]1. The van der Waals surface area contributed by atoms with Crippen molar-refractivity contribution in [2.75, 3.05) is 5.32 Å². The smallest absolute Gasteiger partial charge is 0.335 e. The molecule has 6 nitrogen and oxygen atoms in total. The fourth-order valence-electron chi connectivity index (χ4n) is 2.65. The Labute approximate surface area is 152 Å². The number of carbonyl (C=O) groups is 1. The highest BCUT2D eigenvalue weighted by molar-refractivity contribution is 5.95. The molecule has 0 spiro atoms. The van der Waals surface area contributed by atoms with Gasteiger partial charge in [-0.25, -0.2) is 0 Å². The van der Waals surface area contributed by atoms with Crippen molar-refractivity contribution in [1.82, 2.24) is 20.6 Å². The molecule has 3 rings (SSSR count). The Kier molecular flexibility index (Phi) is 5.20. The first-order valence-electron chi connectivity index (χ1n) is 8.06. The van der Waals surface area contributed by atoms with Gasteiger partial charge in [0.1, 0.15) is 0 Å². The third kappa shape index (κ3) is 4.49. The summed E-state index contributed by atoms with van der Waals surface area (Å²) in [6.45, 7) is 1.90. The van der Waals surface area contributed by atoms with Crippen LogP contribution < -0.4 is 10.4 Å². The van der Waals surface area contributed by atoms with Gasteiger partial charge in [0.05, 0.1) is 11.5 Å². The Balaban J connectivity index is 1.85. The van der Waals surface area contributed by atoms with Crippen LogP contribution in [0.15, 0.2) is 48.5 Å². The summed E-state index contributed by atoms with van der Waals surface area (Å²) in [5.41, 5.74) is 1.06. The molecule has 1 heterocycles. The van der Waals surface area contributed by atoms with Crippen LogP contribution in [0.4, 0.5) is 18.9 Å². The van der Waals surface area contributed by atoms with E-state index >= 15 is 0 Å². The highest BCUT2D eigenvalue weighted by Crippen LogP contribution is 2.31. The molecule has 9 heteroatoms. The molecule has 0 unspecified atom stereocenters. The van der Waals surface area contributed by atoms with Crippen LogP contribution in [0, 0.1) is 6.92 Å². The van der Waals surface area contributed by atoms with Crippen molar-refractivity contribution in [2.45, 2.75) is 25.4 Å². The van der Waals surface area contributed by atoms with Crippen LogP contribution in [-0.4, -0.2) is 21.4 Å². The zero-order valence-corrected chi connectivity index (χ0v) is 14.2. The molecule has 0 fully saturated rings. The van der Waals surface area contributed by atoms with Crippen LogP contribution >= 0.6 is 0 Å². The number of nitrogens with zero attached hydrogens (tertiary/aromatic N) is 4. The number of amides is 1. The van der Waals surface area contributed by atoms with Crippen LogP contribution in [-0.2, 0) is 17.4 Å². The number of alkyl halides is 3. The fourth-order valence-corrected chi connectivity index (χ4v) is 2.65. The van der Waals surface area contributed by atoms with E-state index in [0.29, 0.717) is 0 Å². The van der Waals surface area contributed by atoms with Crippen molar-refractivity contribution in [1.29, 1.82) is 0 Å². The number of anilines is 1. The second-order valence-electron chi connectivity index (χ2n) is 5.99. The first-order valence-corrected chi connectivity index (χ1v) is 8.06. The van der Waals surface area contributed by atoms with Gasteiger partial charge in [-0.15, -0.1) is 0 Å². The van der Waals surface area contributed by atoms with Gasteiger partial charge in [0.2, 0.25) is 5.91 Å². The Morgan fingerprint density at radius 3 is 2.63 bits per heavy atom. The Bertz CT molecular complexity index is 925. The molecule has 0 saturated carbocycles. The summed E-state index contributed by atoms with van der Waals surface area (Å²) in [5.74, 6) is -1.26. The lowest BCUT2D eigenvalue weighted by atomic mass is 9.94. The predicted octanol–water partition coefficient (Wildman–Crippen LogP) is 3.12. The summed E-state index contributed by atoms with van der Waals surface area (Å²) < 4.78 is 38.6. The Morgan fingerprint density at radius 1 is 1.19 bits per heavy atom. The topological polar surface area (TPSA) is 81.9 Å². The summed E-state index contributed by atoms with van der Waals surface area (Å²) in [7, 11) is 0. The normalized spacial score (nSPS) is 12.6. The van der Waals surface area contributed by atoms with E-state index in [2.05, 4.69) is 25.9 Å². The largest absolute Gasteiger partial charge is 0.416 e. The highest BCUT2D eigenvalue weighted by Gasteiger charge is 2.31. The minimum absolute atomic E-state index is 0.0390. The maximum Gasteiger partial charge on any atom is 0.416 e. The van der Waals surface area contributed by atoms with Gasteiger partial charge < -0.3 is 10.4 Å². The quantitative estimate of drug-likeness (QED) is 0.742. The number of benzene rings is 2. The first-order chi connectivity index (χ1) is 12.8. The van der Waals surface area contributed by atoms with Gasteiger partial charge in [0.25, 0.3) is 0 Å². The number of carbonyl (C=O) groups excluding carboxylic acids is 1. The first kappa shape index (κ1) is 18.6. The fraction of sp³-hybridized carbons (Fsp3) is 0.222. The van der Waals surface area contributed by atoms with E-state index < -0.39 is 23.6 Å². The van der Waals surface area contributed by atoms with E-state index in [1.54, 1.807) is 0 Å². The lowest BCUT2D eigenvalue weighted by molar-refractivity contribution is -0.137. The summed E-state index contributed by atoms with van der Waals surface area (Å²) in [6, 6.07) is 11.9. The number of rotatable bonds is 5. The Morgan fingerprint density at radius 2 is 1.96 bits per heavy atom. The van der Waals surface area contributed by atoms with Crippen molar-refractivity contribution in [3.8, 4) is 0 Å². The summed E-state index contributed by atoms with van der Waals surface area (Å²) in [4.78, 5) is 12.8. The van der Waals surface area contributed by atoms with Crippen molar-refractivity contribution in [3.63, 3.8) is 0 Å². The standard InChI is InChI=1S/C18H16F3N5O/c1-11-5-2-3-6-12(11)9-15(16-23-25-26-24-16)17(27)22-14-8-4-7-13(10-14)18(19,20)21/h2-8,10,15H,9H2,1H3,(H2,22,23,24,25,26,27)/p-1/t15-/m1/s1. The third-order valence-electron chi connectivity index (χ3n) is 4.11. The van der Waals surface area contributed by atoms with E-state index in [-0.39, 0.29) is 17.9 Å². The molecule has 27 heavy (non-hydrogen) atoms. The molecule has 0 aliphatic rings. The molecule has 140 valence electrons. The maximum atomic E-state index is 12.9. The van der Waals surface area contributed by atoms with E-state index in [9.17, 15) is 18.0 Å². The Hall–Kier alpha value is -3.23. The number of tetrazole rings is 1. The number of hydrogen-bond donors (Lipinski definition) is 1. The van der Waals surface area contributed by atoms with Crippen LogP contribution in [0.2, 0.25) is 0 Å².